The zero-order valence-electron chi connectivity index (χ0n) is 9.01. The van der Waals surface area contributed by atoms with E-state index < -0.39 is 12.7 Å². The second-order valence-electron chi connectivity index (χ2n) is 3.23. The minimum Gasteiger partial charge on any atom is -0.309 e. The molecule has 0 bridgehead atoms. The first-order valence-corrected chi connectivity index (χ1v) is 5.65. The first-order chi connectivity index (χ1) is 7.40. The Morgan fingerprint density at radius 2 is 2.06 bits per heavy atom. The quantitative estimate of drug-likeness (QED) is 0.636. The van der Waals surface area contributed by atoms with Crippen LogP contribution in [0.25, 0.3) is 0 Å². The van der Waals surface area contributed by atoms with Crippen LogP contribution in [0.15, 0.2) is 5.16 Å². The van der Waals surface area contributed by atoms with Crippen molar-refractivity contribution in [3.05, 3.63) is 5.82 Å². The molecule has 0 aromatic carbocycles. The third kappa shape index (κ3) is 4.40. The Bertz CT molecular complexity index is 337. The molecule has 0 aliphatic rings. The predicted molar refractivity (Wildman–Crippen MR) is 55.4 cm³/mol. The smallest absolute Gasteiger partial charge is 0.309 e. The number of alkyl halides is 3. The molecule has 8 heteroatoms. The lowest BCUT2D eigenvalue weighted by Crippen LogP contribution is -2.30. The van der Waals surface area contributed by atoms with Crippen LogP contribution in [0, 0.1) is 6.92 Å². The summed E-state index contributed by atoms with van der Waals surface area (Å²) in [5.41, 5.74) is 0. The predicted octanol–water partition coefficient (Wildman–Crippen LogP) is 1.37. The van der Waals surface area contributed by atoms with E-state index in [2.05, 4.69) is 15.5 Å². The molecule has 16 heavy (non-hydrogen) atoms. The molecule has 0 saturated heterocycles. The molecular formula is C8H13F3N4S. The van der Waals surface area contributed by atoms with E-state index in [1.807, 2.05) is 14.0 Å². The molecule has 1 aromatic rings. The minimum atomic E-state index is -4.15. The lowest BCUT2D eigenvalue weighted by Gasteiger charge is -2.07. The molecule has 1 aromatic heterocycles. The van der Waals surface area contributed by atoms with Gasteiger partial charge in [-0.2, -0.15) is 13.2 Å². The summed E-state index contributed by atoms with van der Waals surface area (Å²) in [5, 5.41) is 10.8. The standard InChI is InChI=1S/C8H13F3N4S/c1-6-13-14-7(15(6)2)16-4-3-12-5-8(9,10)11/h12H,3-5H2,1-2H3. The fourth-order valence-electron chi connectivity index (χ4n) is 0.958. The van der Waals surface area contributed by atoms with Crippen molar-refractivity contribution in [2.75, 3.05) is 18.8 Å². The highest BCUT2D eigenvalue weighted by atomic mass is 32.2. The van der Waals surface area contributed by atoms with Crippen molar-refractivity contribution in [2.24, 2.45) is 7.05 Å². The second kappa shape index (κ2) is 5.53. The maximum absolute atomic E-state index is 11.8. The summed E-state index contributed by atoms with van der Waals surface area (Å²) in [4.78, 5) is 0. The normalized spacial score (nSPS) is 12.1. The van der Waals surface area contributed by atoms with Gasteiger partial charge in [-0.3, -0.25) is 0 Å². The molecule has 0 saturated carbocycles. The number of rotatable bonds is 5. The molecule has 1 rings (SSSR count). The van der Waals surface area contributed by atoms with Gasteiger partial charge >= 0.3 is 6.18 Å². The van der Waals surface area contributed by atoms with Gasteiger partial charge in [0.1, 0.15) is 5.82 Å². The number of nitrogens with one attached hydrogen (secondary N) is 1. The van der Waals surface area contributed by atoms with Gasteiger partial charge in [-0.15, -0.1) is 10.2 Å². The van der Waals surface area contributed by atoms with Crippen LogP contribution in [0.3, 0.4) is 0 Å². The van der Waals surface area contributed by atoms with Crippen LogP contribution < -0.4 is 5.32 Å². The highest BCUT2D eigenvalue weighted by Crippen LogP contribution is 2.15. The fourth-order valence-corrected chi connectivity index (χ4v) is 1.81. The maximum Gasteiger partial charge on any atom is 0.401 e. The summed E-state index contributed by atoms with van der Waals surface area (Å²) in [7, 11) is 1.82. The molecule has 0 fully saturated rings. The summed E-state index contributed by atoms with van der Waals surface area (Å²) in [6.45, 7) is 1.15. The van der Waals surface area contributed by atoms with Crippen molar-refractivity contribution in [1.29, 1.82) is 0 Å². The van der Waals surface area contributed by atoms with E-state index in [-0.39, 0.29) is 6.54 Å². The molecule has 0 atom stereocenters. The van der Waals surface area contributed by atoms with E-state index in [9.17, 15) is 13.2 Å². The molecule has 0 radical (unpaired) electrons. The minimum absolute atomic E-state index is 0.288. The van der Waals surface area contributed by atoms with Gasteiger partial charge in [0.05, 0.1) is 6.54 Å². The summed E-state index contributed by atoms with van der Waals surface area (Å²) >= 11 is 1.38. The molecule has 4 nitrogen and oxygen atoms in total. The van der Waals surface area contributed by atoms with Crippen molar-refractivity contribution in [1.82, 2.24) is 20.1 Å². The summed E-state index contributed by atoms with van der Waals surface area (Å²) in [6, 6.07) is 0. The van der Waals surface area contributed by atoms with Crippen LogP contribution in [-0.4, -0.2) is 39.8 Å². The molecule has 92 valence electrons. The fraction of sp³-hybridized carbons (Fsp3) is 0.750. The molecule has 1 N–H and O–H groups in total. The SMILES string of the molecule is Cc1nnc(SCCNCC(F)(F)F)n1C. The van der Waals surface area contributed by atoms with E-state index in [0.717, 1.165) is 5.82 Å². The van der Waals surface area contributed by atoms with Gasteiger partial charge in [-0.25, -0.2) is 0 Å². The monoisotopic (exact) mass is 254 g/mol. The Morgan fingerprint density at radius 3 is 2.56 bits per heavy atom. The maximum atomic E-state index is 11.8. The largest absolute Gasteiger partial charge is 0.401 e. The summed E-state index contributed by atoms with van der Waals surface area (Å²) in [6.07, 6.45) is -4.15. The summed E-state index contributed by atoms with van der Waals surface area (Å²) < 4.78 is 37.1. The zero-order chi connectivity index (χ0) is 12.2. The Morgan fingerprint density at radius 1 is 1.38 bits per heavy atom. The van der Waals surface area contributed by atoms with Crippen LogP contribution in [-0.2, 0) is 7.05 Å². The highest BCUT2D eigenvalue weighted by molar-refractivity contribution is 7.99. The van der Waals surface area contributed by atoms with Crippen LogP contribution >= 0.6 is 11.8 Å². The van der Waals surface area contributed by atoms with Crippen LogP contribution in [0.5, 0.6) is 0 Å². The number of nitrogens with zero attached hydrogens (tertiary/aromatic N) is 3. The Kier molecular flexibility index (Phi) is 4.60. The van der Waals surface area contributed by atoms with E-state index in [1.54, 1.807) is 4.57 Å². The van der Waals surface area contributed by atoms with Crippen LogP contribution in [0.2, 0.25) is 0 Å². The number of halogens is 3. The molecule has 1 heterocycles. The van der Waals surface area contributed by atoms with E-state index in [4.69, 9.17) is 0 Å². The molecule has 0 aliphatic carbocycles. The number of thioether (sulfide) groups is 1. The average Bonchev–Trinajstić information content (AvgIpc) is 2.47. The van der Waals surface area contributed by atoms with Gasteiger partial charge in [0, 0.05) is 19.3 Å². The van der Waals surface area contributed by atoms with Crippen molar-refractivity contribution in [2.45, 2.75) is 18.3 Å². The highest BCUT2D eigenvalue weighted by Gasteiger charge is 2.25. The molecule has 0 unspecified atom stereocenters. The van der Waals surface area contributed by atoms with Gasteiger partial charge in [-0.1, -0.05) is 11.8 Å². The molecule has 0 amide bonds. The topological polar surface area (TPSA) is 42.7 Å². The molecule has 0 spiro atoms. The Balaban J connectivity index is 2.19. The Hall–Kier alpha value is -0.760. The van der Waals surface area contributed by atoms with Crippen molar-refractivity contribution in [3.63, 3.8) is 0 Å². The lowest BCUT2D eigenvalue weighted by molar-refractivity contribution is -0.124. The second-order valence-corrected chi connectivity index (χ2v) is 4.29. The van der Waals surface area contributed by atoms with Gasteiger partial charge in [0.25, 0.3) is 0 Å². The first-order valence-electron chi connectivity index (χ1n) is 4.66. The van der Waals surface area contributed by atoms with Crippen molar-refractivity contribution in [3.8, 4) is 0 Å². The third-order valence-electron chi connectivity index (χ3n) is 1.89. The average molecular weight is 254 g/mol. The van der Waals surface area contributed by atoms with E-state index in [0.29, 0.717) is 10.9 Å². The van der Waals surface area contributed by atoms with Gasteiger partial charge in [-0.05, 0) is 6.92 Å². The van der Waals surface area contributed by atoms with Gasteiger partial charge in [0.15, 0.2) is 5.16 Å². The van der Waals surface area contributed by atoms with Crippen LogP contribution in [0.4, 0.5) is 13.2 Å². The Labute approximate surface area is 95.6 Å². The van der Waals surface area contributed by atoms with E-state index in [1.165, 1.54) is 11.8 Å². The van der Waals surface area contributed by atoms with Crippen molar-refractivity contribution < 1.29 is 13.2 Å². The zero-order valence-corrected chi connectivity index (χ0v) is 9.82. The van der Waals surface area contributed by atoms with Crippen LogP contribution in [0.1, 0.15) is 5.82 Å². The number of aryl methyl sites for hydroxylation is 1. The number of aromatic nitrogens is 3. The lowest BCUT2D eigenvalue weighted by atomic mass is 10.6. The van der Waals surface area contributed by atoms with E-state index >= 15 is 0 Å². The number of hydrogen-bond donors (Lipinski definition) is 1. The number of hydrogen-bond acceptors (Lipinski definition) is 4. The molecule has 0 aliphatic heterocycles. The van der Waals surface area contributed by atoms with Crippen molar-refractivity contribution >= 4 is 11.8 Å². The van der Waals surface area contributed by atoms with Gasteiger partial charge < -0.3 is 9.88 Å². The first kappa shape index (κ1) is 13.3. The molecular weight excluding hydrogens is 241 g/mol. The summed E-state index contributed by atoms with van der Waals surface area (Å²) in [5.74, 6) is 1.31. The van der Waals surface area contributed by atoms with Gasteiger partial charge in [0.2, 0.25) is 0 Å². The third-order valence-corrected chi connectivity index (χ3v) is 2.91.